The molecule has 0 aliphatic rings. The summed E-state index contributed by atoms with van der Waals surface area (Å²) in [6.45, 7) is 6.70. The van der Waals surface area contributed by atoms with E-state index in [9.17, 15) is 8.42 Å². The first-order valence-corrected chi connectivity index (χ1v) is 8.01. The number of hydrogen-bond donors (Lipinski definition) is 1. The van der Waals surface area contributed by atoms with Crippen LogP contribution in [-0.4, -0.2) is 42.1 Å². The summed E-state index contributed by atoms with van der Waals surface area (Å²) in [5.74, 6) is 2.40. The van der Waals surface area contributed by atoms with Gasteiger partial charge in [-0.3, -0.25) is 4.68 Å². The lowest BCUT2D eigenvalue weighted by Gasteiger charge is -2.19. The lowest BCUT2D eigenvalue weighted by atomic mass is 10.4. The number of aryl methyl sites for hydroxylation is 1. The van der Waals surface area contributed by atoms with Crippen molar-refractivity contribution in [2.75, 3.05) is 19.6 Å². The molecule has 0 aromatic carbocycles. The van der Waals surface area contributed by atoms with Gasteiger partial charge in [0.25, 0.3) is 0 Å². The Morgan fingerprint density at radius 2 is 2.10 bits per heavy atom. The molecule has 0 saturated carbocycles. The zero-order valence-corrected chi connectivity index (χ0v) is 13.1. The summed E-state index contributed by atoms with van der Waals surface area (Å²) in [7, 11) is -3.62. The molecule has 6 nitrogen and oxygen atoms in total. The van der Waals surface area contributed by atoms with Gasteiger partial charge in [0.05, 0.1) is 24.5 Å². The van der Waals surface area contributed by atoms with Crippen molar-refractivity contribution in [2.24, 2.45) is 5.73 Å². The Kier molecular flexibility index (Phi) is 5.74. The normalized spacial score (nSPS) is 11.8. The first-order valence-electron chi connectivity index (χ1n) is 6.57. The number of nitrogens with zero attached hydrogens (tertiary/aromatic N) is 3. The molecule has 0 fully saturated rings. The lowest BCUT2D eigenvalue weighted by Crippen LogP contribution is -2.33. The fourth-order valence-electron chi connectivity index (χ4n) is 2.16. The van der Waals surface area contributed by atoms with Gasteiger partial charge in [-0.05, 0) is 20.3 Å². The fraction of sp³-hybridized carbons (Fsp3) is 0.615. The van der Waals surface area contributed by atoms with E-state index in [1.54, 1.807) is 18.5 Å². The van der Waals surface area contributed by atoms with E-state index < -0.39 is 10.0 Å². The van der Waals surface area contributed by atoms with E-state index >= 15 is 0 Å². The van der Waals surface area contributed by atoms with Crippen LogP contribution in [0.1, 0.15) is 24.7 Å². The quantitative estimate of drug-likeness (QED) is 0.743. The van der Waals surface area contributed by atoms with Gasteiger partial charge in [-0.1, -0.05) is 12.8 Å². The van der Waals surface area contributed by atoms with E-state index in [0.29, 0.717) is 37.4 Å². The third-order valence-corrected chi connectivity index (χ3v) is 5.09. The van der Waals surface area contributed by atoms with Gasteiger partial charge in [-0.25, -0.2) is 8.42 Å². The smallest absolute Gasteiger partial charge is 0.247 e. The molecule has 7 heteroatoms. The predicted octanol–water partition coefficient (Wildman–Crippen LogP) is 0.493. The average molecular weight is 298 g/mol. The van der Waals surface area contributed by atoms with Crippen molar-refractivity contribution in [3.63, 3.8) is 0 Å². The molecule has 112 valence electrons. The maximum absolute atomic E-state index is 12.7. The van der Waals surface area contributed by atoms with Crippen LogP contribution in [0.3, 0.4) is 0 Å². The summed E-state index contributed by atoms with van der Waals surface area (Å²) >= 11 is 0. The van der Waals surface area contributed by atoms with Crippen molar-refractivity contribution in [3.05, 3.63) is 11.4 Å². The summed E-state index contributed by atoms with van der Waals surface area (Å²) in [6.07, 6.45) is 5.97. The SMILES string of the molecule is C#CCN(CCC)S(=O)(=O)c1c(C)nn(CCN)c1C. The highest BCUT2D eigenvalue weighted by molar-refractivity contribution is 7.89. The Labute approximate surface area is 121 Å². The molecule has 1 aromatic rings. The number of nitrogens with two attached hydrogens (primary N) is 1. The maximum atomic E-state index is 12.7. The van der Waals surface area contributed by atoms with E-state index in [1.165, 1.54) is 4.31 Å². The summed E-state index contributed by atoms with van der Waals surface area (Å²) < 4.78 is 28.4. The van der Waals surface area contributed by atoms with E-state index in [-0.39, 0.29) is 11.4 Å². The summed E-state index contributed by atoms with van der Waals surface area (Å²) in [5.41, 5.74) is 6.59. The Bertz CT molecular complexity index is 599. The Morgan fingerprint density at radius 3 is 2.60 bits per heavy atom. The topological polar surface area (TPSA) is 81.2 Å². The Hall–Kier alpha value is -1.36. The largest absolute Gasteiger partial charge is 0.329 e. The molecule has 0 aliphatic heterocycles. The van der Waals surface area contributed by atoms with Crippen LogP contribution in [0.2, 0.25) is 0 Å². The molecule has 2 N–H and O–H groups in total. The van der Waals surface area contributed by atoms with Crippen molar-refractivity contribution in [3.8, 4) is 12.3 Å². The molecule has 1 aromatic heterocycles. The zero-order valence-electron chi connectivity index (χ0n) is 12.3. The second kappa shape index (κ2) is 6.88. The van der Waals surface area contributed by atoms with Gasteiger partial charge < -0.3 is 5.73 Å². The fourth-order valence-corrected chi connectivity index (χ4v) is 3.98. The molecule has 0 amide bonds. The summed E-state index contributed by atoms with van der Waals surface area (Å²) in [4.78, 5) is 0.245. The summed E-state index contributed by atoms with van der Waals surface area (Å²) in [6, 6.07) is 0. The lowest BCUT2D eigenvalue weighted by molar-refractivity contribution is 0.444. The van der Waals surface area contributed by atoms with Gasteiger partial charge in [0.15, 0.2) is 0 Å². The number of rotatable bonds is 7. The first kappa shape index (κ1) is 16.7. The van der Waals surface area contributed by atoms with Gasteiger partial charge >= 0.3 is 0 Å². The third-order valence-electron chi connectivity index (χ3n) is 2.99. The maximum Gasteiger partial charge on any atom is 0.247 e. The minimum absolute atomic E-state index is 0.0666. The van der Waals surface area contributed by atoms with Crippen molar-refractivity contribution >= 4 is 10.0 Å². The van der Waals surface area contributed by atoms with Crippen LogP contribution in [0.4, 0.5) is 0 Å². The van der Waals surface area contributed by atoms with Crippen molar-refractivity contribution in [2.45, 2.75) is 38.6 Å². The molecule has 20 heavy (non-hydrogen) atoms. The molecule has 0 radical (unpaired) electrons. The van der Waals surface area contributed by atoms with Crippen LogP contribution in [0.15, 0.2) is 4.90 Å². The molecule has 1 rings (SSSR count). The van der Waals surface area contributed by atoms with Crippen LogP contribution < -0.4 is 5.73 Å². The van der Waals surface area contributed by atoms with Crippen LogP contribution in [0.5, 0.6) is 0 Å². The van der Waals surface area contributed by atoms with Gasteiger partial charge in [-0.15, -0.1) is 6.42 Å². The molecule has 1 heterocycles. The molecule has 0 bridgehead atoms. The van der Waals surface area contributed by atoms with E-state index in [1.807, 2.05) is 6.92 Å². The zero-order chi connectivity index (χ0) is 15.3. The first-order chi connectivity index (χ1) is 9.39. The minimum Gasteiger partial charge on any atom is -0.329 e. The second-order valence-corrected chi connectivity index (χ2v) is 6.43. The van der Waals surface area contributed by atoms with E-state index in [0.717, 1.165) is 0 Å². The Morgan fingerprint density at radius 1 is 1.45 bits per heavy atom. The highest BCUT2D eigenvalue weighted by Gasteiger charge is 2.29. The molecular formula is C13H22N4O2S. The van der Waals surface area contributed by atoms with E-state index in [2.05, 4.69) is 11.0 Å². The molecule has 0 saturated heterocycles. The highest BCUT2D eigenvalue weighted by Crippen LogP contribution is 2.23. The van der Waals surface area contributed by atoms with Crippen molar-refractivity contribution < 1.29 is 8.42 Å². The van der Waals surface area contributed by atoms with Crippen molar-refractivity contribution in [1.29, 1.82) is 0 Å². The molecule has 0 spiro atoms. The third kappa shape index (κ3) is 3.20. The number of terminal acetylenes is 1. The minimum atomic E-state index is -3.62. The predicted molar refractivity (Wildman–Crippen MR) is 78.6 cm³/mol. The number of sulfonamides is 1. The van der Waals surface area contributed by atoms with Crippen LogP contribution >= 0.6 is 0 Å². The van der Waals surface area contributed by atoms with Crippen LogP contribution in [0, 0.1) is 26.2 Å². The van der Waals surface area contributed by atoms with Gasteiger partial charge in [-0.2, -0.15) is 9.40 Å². The van der Waals surface area contributed by atoms with Gasteiger partial charge in [0, 0.05) is 13.1 Å². The van der Waals surface area contributed by atoms with Crippen LogP contribution in [-0.2, 0) is 16.6 Å². The highest BCUT2D eigenvalue weighted by atomic mass is 32.2. The summed E-state index contributed by atoms with van der Waals surface area (Å²) in [5, 5.41) is 4.25. The molecule has 0 atom stereocenters. The molecule has 0 unspecified atom stereocenters. The van der Waals surface area contributed by atoms with Gasteiger partial charge in [0.2, 0.25) is 10.0 Å². The number of aromatic nitrogens is 2. The average Bonchev–Trinajstić information content (AvgIpc) is 2.65. The standard InChI is InChI=1S/C13H22N4O2S/c1-5-8-16(9-6-2)20(18,19)13-11(3)15-17(10-7-14)12(13)4/h1H,6-10,14H2,2-4H3. The van der Waals surface area contributed by atoms with Crippen molar-refractivity contribution in [1.82, 2.24) is 14.1 Å². The molecule has 0 aliphatic carbocycles. The molecular weight excluding hydrogens is 276 g/mol. The van der Waals surface area contributed by atoms with Crippen LogP contribution in [0.25, 0.3) is 0 Å². The monoisotopic (exact) mass is 298 g/mol. The number of hydrogen-bond acceptors (Lipinski definition) is 4. The second-order valence-electron chi connectivity index (χ2n) is 4.55. The Balaban J connectivity index is 3.30. The van der Waals surface area contributed by atoms with Gasteiger partial charge in [0.1, 0.15) is 4.90 Å². The van der Waals surface area contributed by atoms with E-state index in [4.69, 9.17) is 12.2 Å².